The van der Waals surface area contributed by atoms with Crippen LogP contribution < -0.4 is 5.73 Å². The molecule has 0 saturated heterocycles. The number of hydrogen-bond acceptors (Lipinski definition) is 3. The van der Waals surface area contributed by atoms with Gasteiger partial charge in [-0.25, -0.2) is 4.98 Å². The fourth-order valence-electron chi connectivity index (χ4n) is 2.39. The summed E-state index contributed by atoms with van der Waals surface area (Å²) in [6.45, 7) is 4.89. The van der Waals surface area contributed by atoms with Crippen LogP contribution in [0.5, 0.6) is 0 Å². The molecule has 0 aliphatic heterocycles. The average molecular weight is 297 g/mol. The Balaban J connectivity index is 2.07. The number of benzene rings is 1. The highest BCUT2D eigenvalue weighted by Gasteiger charge is 2.13. The number of nitrogens with zero attached hydrogens (tertiary/aromatic N) is 2. The van der Waals surface area contributed by atoms with Gasteiger partial charge in [0, 0.05) is 17.5 Å². The zero-order valence-electron chi connectivity index (χ0n) is 12.3. The number of pyridine rings is 1. The summed E-state index contributed by atoms with van der Waals surface area (Å²) in [6, 6.07) is 12.6. The first-order chi connectivity index (χ1) is 10.2. The summed E-state index contributed by atoms with van der Waals surface area (Å²) < 4.78 is 2.14. The molecule has 2 N–H and O–H groups in total. The quantitative estimate of drug-likeness (QED) is 0.800. The Kier molecular flexibility index (Phi) is 3.99. The van der Waals surface area contributed by atoms with Crippen molar-refractivity contribution in [3.8, 4) is 0 Å². The zero-order valence-corrected chi connectivity index (χ0v) is 13.2. The summed E-state index contributed by atoms with van der Waals surface area (Å²) in [5, 5.41) is 1.06. The molecule has 0 atom stereocenters. The van der Waals surface area contributed by atoms with E-state index in [9.17, 15) is 0 Å². The lowest BCUT2D eigenvalue weighted by Gasteiger charge is -2.07. The van der Waals surface area contributed by atoms with Gasteiger partial charge in [0.15, 0.2) is 0 Å². The summed E-state index contributed by atoms with van der Waals surface area (Å²) in [7, 11) is 0. The maximum atomic E-state index is 5.78. The lowest BCUT2D eigenvalue weighted by molar-refractivity contribution is 0.876. The molecule has 3 rings (SSSR count). The van der Waals surface area contributed by atoms with E-state index in [4.69, 9.17) is 10.7 Å². The molecule has 3 aromatic rings. The first-order valence-corrected chi connectivity index (χ1v) is 7.92. The molecule has 0 unspecified atom stereocenters. The predicted octanol–water partition coefficient (Wildman–Crippen LogP) is 3.60. The van der Waals surface area contributed by atoms with Crippen LogP contribution in [0.4, 0.5) is 0 Å². The molecule has 0 bridgehead atoms. The molecule has 0 spiro atoms. The summed E-state index contributed by atoms with van der Waals surface area (Å²) in [6.07, 6.45) is 2.89. The number of hydrogen-bond donors (Lipinski definition) is 1. The Labute approximate surface area is 129 Å². The van der Waals surface area contributed by atoms with Gasteiger partial charge in [0.2, 0.25) is 0 Å². The van der Waals surface area contributed by atoms with E-state index in [-0.39, 0.29) is 0 Å². The van der Waals surface area contributed by atoms with Crippen molar-refractivity contribution in [1.29, 1.82) is 0 Å². The maximum absolute atomic E-state index is 5.78. The molecule has 3 nitrogen and oxygen atoms in total. The van der Waals surface area contributed by atoms with Gasteiger partial charge >= 0.3 is 0 Å². The molecule has 0 saturated carbocycles. The normalized spacial score (nSPS) is 11.2. The number of imidazole rings is 1. The van der Waals surface area contributed by atoms with Crippen molar-refractivity contribution in [3.63, 3.8) is 0 Å². The van der Waals surface area contributed by atoms with Gasteiger partial charge in [-0.2, -0.15) is 0 Å². The molecular formula is C17H19N3S. The first kappa shape index (κ1) is 14.2. The highest BCUT2D eigenvalue weighted by Crippen LogP contribution is 2.33. The first-order valence-electron chi connectivity index (χ1n) is 7.10. The lowest BCUT2D eigenvalue weighted by atomic mass is 10.2. The minimum Gasteiger partial charge on any atom is -0.330 e. The van der Waals surface area contributed by atoms with Crippen LogP contribution >= 0.6 is 11.8 Å². The topological polar surface area (TPSA) is 43.3 Å². The van der Waals surface area contributed by atoms with Gasteiger partial charge in [0.05, 0.1) is 5.69 Å². The number of fused-ring (bicyclic) bond motifs is 1. The van der Waals surface area contributed by atoms with E-state index in [2.05, 4.69) is 42.6 Å². The second-order valence-corrected chi connectivity index (χ2v) is 6.23. The van der Waals surface area contributed by atoms with Gasteiger partial charge in [-0.05, 0) is 49.7 Å². The molecule has 0 amide bonds. The Morgan fingerprint density at radius 2 is 2.05 bits per heavy atom. The lowest BCUT2D eigenvalue weighted by Crippen LogP contribution is -2.05. The molecule has 0 aliphatic rings. The van der Waals surface area contributed by atoms with Crippen LogP contribution in [0.15, 0.2) is 52.5 Å². The second-order valence-electron chi connectivity index (χ2n) is 5.20. The third kappa shape index (κ3) is 2.82. The Morgan fingerprint density at radius 3 is 2.86 bits per heavy atom. The van der Waals surface area contributed by atoms with Crippen molar-refractivity contribution in [3.05, 3.63) is 59.4 Å². The van der Waals surface area contributed by atoms with Gasteiger partial charge in [0.25, 0.3) is 0 Å². The maximum Gasteiger partial charge on any atom is 0.138 e. The molecule has 21 heavy (non-hydrogen) atoms. The molecule has 0 fully saturated rings. The van der Waals surface area contributed by atoms with Crippen LogP contribution in [0.1, 0.15) is 16.8 Å². The molecule has 0 radical (unpaired) electrons. The van der Waals surface area contributed by atoms with Crippen LogP contribution in [-0.4, -0.2) is 15.9 Å². The van der Waals surface area contributed by atoms with E-state index in [1.165, 1.54) is 21.7 Å². The van der Waals surface area contributed by atoms with Crippen LogP contribution in [0.3, 0.4) is 0 Å². The summed E-state index contributed by atoms with van der Waals surface area (Å²) in [5.41, 5.74) is 10.5. The van der Waals surface area contributed by atoms with Crippen molar-refractivity contribution in [1.82, 2.24) is 9.38 Å². The molecule has 2 aromatic heterocycles. The van der Waals surface area contributed by atoms with Crippen LogP contribution in [0, 0.1) is 13.8 Å². The van der Waals surface area contributed by atoms with Gasteiger partial charge in [-0.3, -0.25) is 0 Å². The Hall–Kier alpha value is -1.78. The molecule has 2 heterocycles. The fraction of sp³-hybridized carbons (Fsp3) is 0.235. The average Bonchev–Trinajstić information content (AvgIpc) is 2.81. The van der Waals surface area contributed by atoms with E-state index >= 15 is 0 Å². The molecule has 0 aliphatic carbocycles. The van der Waals surface area contributed by atoms with Crippen LogP contribution in [0.2, 0.25) is 0 Å². The van der Waals surface area contributed by atoms with Gasteiger partial charge < -0.3 is 10.1 Å². The van der Waals surface area contributed by atoms with E-state index in [1.54, 1.807) is 11.8 Å². The van der Waals surface area contributed by atoms with E-state index in [0.29, 0.717) is 6.54 Å². The highest BCUT2D eigenvalue weighted by atomic mass is 32.2. The van der Waals surface area contributed by atoms with Crippen molar-refractivity contribution in [2.24, 2.45) is 5.73 Å². The minimum absolute atomic E-state index is 0.628. The number of aryl methyl sites for hydroxylation is 2. The summed E-state index contributed by atoms with van der Waals surface area (Å²) >= 11 is 1.73. The van der Waals surface area contributed by atoms with E-state index in [0.717, 1.165) is 17.1 Å². The molecule has 1 aromatic carbocycles. The second kappa shape index (κ2) is 5.92. The van der Waals surface area contributed by atoms with Crippen molar-refractivity contribution < 1.29 is 0 Å². The Bertz CT molecular complexity index is 777. The van der Waals surface area contributed by atoms with Gasteiger partial charge in [-0.1, -0.05) is 30.0 Å². The smallest absolute Gasteiger partial charge is 0.138 e. The molecular weight excluding hydrogens is 278 g/mol. The third-order valence-corrected chi connectivity index (χ3v) is 4.70. The molecule has 108 valence electrons. The number of rotatable bonds is 4. The van der Waals surface area contributed by atoms with Crippen LogP contribution in [-0.2, 0) is 6.42 Å². The molecule has 4 heteroatoms. The largest absolute Gasteiger partial charge is 0.330 e. The van der Waals surface area contributed by atoms with Crippen molar-refractivity contribution in [2.45, 2.75) is 30.2 Å². The minimum atomic E-state index is 0.628. The van der Waals surface area contributed by atoms with Gasteiger partial charge in [0.1, 0.15) is 10.7 Å². The van der Waals surface area contributed by atoms with Gasteiger partial charge in [-0.15, -0.1) is 0 Å². The Morgan fingerprint density at radius 1 is 1.19 bits per heavy atom. The number of aromatic nitrogens is 2. The summed E-state index contributed by atoms with van der Waals surface area (Å²) in [4.78, 5) is 6.03. The summed E-state index contributed by atoms with van der Waals surface area (Å²) in [5.74, 6) is 0. The zero-order chi connectivity index (χ0) is 14.8. The standard InChI is InChI=1S/C17H19N3S/c1-12-6-7-13(2)15(11-12)21-17-14(8-9-18)20-10-4-3-5-16(20)19-17/h3-7,10-11H,8-9,18H2,1-2H3. The highest BCUT2D eigenvalue weighted by molar-refractivity contribution is 7.99. The third-order valence-electron chi connectivity index (χ3n) is 3.52. The van der Waals surface area contributed by atoms with Crippen molar-refractivity contribution >= 4 is 17.4 Å². The SMILES string of the molecule is Cc1ccc(C)c(Sc2nc3ccccn3c2CCN)c1. The fourth-order valence-corrected chi connectivity index (χ4v) is 3.53. The van der Waals surface area contributed by atoms with E-state index in [1.807, 2.05) is 18.2 Å². The predicted molar refractivity (Wildman–Crippen MR) is 88.0 cm³/mol. The van der Waals surface area contributed by atoms with Crippen molar-refractivity contribution in [2.75, 3.05) is 6.54 Å². The van der Waals surface area contributed by atoms with Crippen LogP contribution in [0.25, 0.3) is 5.65 Å². The van der Waals surface area contributed by atoms with E-state index < -0.39 is 0 Å². The monoisotopic (exact) mass is 297 g/mol. The number of nitrogens with two attached hydrogens (primary N) is 1.